The predicted octanol–water partition coefficient (Wildman–Crippen LogP) is 3.52. The Hall–Kier alpha value is -2.52. The Morgan fingerprint density at radius 2 is 2.22 bits per heavy atom. The van der Waals surface area contributed by atoms with Gasteiger partial charge in [-0.1, -0.05) is 0 Å². The highest BCUT2D eigenvalue weighted by Gasteiger charge is 2.37. The predicted molar refractivity (Wildman–Crippen MR) is 85.2 cm³/mol. The molecule has 0 saturated carbocycles. The molecule has 9 heteroatoms. The van der Waals surface area contributed by atoms with Crippen molar-refractivity contribution in [3.8, 4) is 11.6 Å². The number of nitrogens with one attached hydrogen (secondary N) is 1. The number of hydrogen-bond donors (Lipinski definition) is 2. The van der Waals surface area contributed by atoms with Crippen LogP contribution >= 0.6 is 23.6 Å². The minimum Gasteiger partial charge on any atom is -0.494 e. The number of rotatable bonds is 4. The quantitative estimate of drug-likeness (QED) is 0.500. The van der Waals surface area contributed by atoms with Gasteiger partial charge in [-0.25, -0.2) is 4.79 Å². The van der Waals surface area contributed by atoms with E-state index < -0.39 is 5.97 Å². The van der Waals surface area contributed by atoms with E-state index in [0.29, 0.717) is 21.1 Å². The number of carbonyl (C=O) groups excluding carboxylic acids is 1. The van der Waals surface area contributed by atoms with Crippen LogP contribution < -0.4 is 4.74 Å². The molecule has 0 saturated heterocycles. The first-order chi connectivity index (χ1) is 11.1. The Morgan fingerprint density at radius 3 is 2.83 bits per heavy atom. The molecule has 3 rings (SSSR count). The van der Waals surface area contributed by atoms with Gasteiger partial charge in [0.05, 0.1) is 11.5 Å². The molecule has 0 atom stereocenters. The van der Waals surface area contributed by atoms with Gasteiger partial charge >= 0.3 is 11.7 Å². The lowest BCUT2D eigenvalue weighted by Crippen LogP contribution is -2.05. The first-order valence-corrected chi connectivity index (χ1v) is 7.90. The normalized spacial score (nSPS) is 15.6. The van der Waals surface area contributed by atoms with Gasteiger partial charge in [0.2, 0.25) is 16.8 Å². The van der Waals surface area contributed by atoms with Crippen LogP contribution in [0.1, 0.15) is 11.8 Å². The second-order valence-electron chi connectivity index (χ2n) is 4.46. The van der Waals surface area contributed by atoms with E-state index >= 15 is 0 Å². The molecule has 0 radical (unpaired) electrons. The van der Waals surface area contributed by atoms with Crippen molar-refractivity contribution in [2.45, 2.75) is 6.92 Å². The van der Waals surface area contributed by atoms with Gasteiger partial charge in [-0.05, 0) is 36.0 Å². The van der Waals surface area contributed by atoms with Gasteiger partial charge in [-0.3, -0.25) is 4.84 Å². The zero-order valence-corrected chi connectivity index (χ0v) is 13.6. The third kappa shape index (κ3) is 3.15. The molecule has 1 aromatic heterocycles. The molecule has 118 valence electrons. The van der Waals surface area contributed by atoms with Crippen LogP contribution in [0.5, 0.6) is 11.6 Å². The largest absolute Gasteiger partial charge is 0.494 e. The fourth-order valence-corrected chi connectivity index (χ4v) is 3.00. The van der Waals surface area contributed by atoms with E-state index in [0.717, 1.165) is 17.1 Å². The summed E-state index contributed by atoms with van der Waals surface area (Å²) >= 11 is 6.11. The van der Waals surface area contributed by atoms with E-state index in [1.165, 1.54) is 10.8 Å². The van der Waals surface area contributed by atoms with Gasteiger partial charge in [0, 0.05) is 18.2 Å². The number of ether oxygens (including phenoxy) is 1. The number of aromatic nitrogens is 1. The molecule has 23 heavy (non-hydrogen) atoms. The molecule has 2 aromatic rings. The third-order valence-electron chi connectivity index (χ3n) is 2.96. The number of nitrogens with zero attached hydrogens (tertiary/aromatic N) is 2. The Morgan fingerprint density at radius 1 is 1.48 bits per heavy atom. The average molecular weight is 350 g/mol. The summed E-state index contributed by atoms with van der Waals surface area (Å²) in [4.78, 5) is 19.6. The molecule has 1 aliphatic rings. The second kappa shape index (κ2) is 6.31. The van der Waals surface area contributed by atoms with Gasteiger partial charge in [-0.15, -0.1) is 11.3 Å². The van der Waals surface area contributed by atoms with Crippen molar-refractivity contribution < 1.29 is 24.2 Å². The highest BCUT2D eigenvalue weighted by atomic mass is 32.1. The van der Waals surface area contributed by atoms with Gasteiger partial charge in [-0.2, -0.15) is 0 Å². The van der Waals surface area contributed by atoms with Crippen molar-refractivity contribution in [2.75, 3.05) is 6.61 Å². The van der Waals surface area contributed by atoms with Crippen molar-refractivity contribution in [3.05, 3.63) is 38.8 Å². The number of thiazole rings is 1. The smallest absolute Gasteiger partial charge is 0.437 e. The molecule has 0 spiro atoms. The molecule has 1 aliphatic heterocycles. The summed E-state index contributed by atoms with van der Waals surface area (Å²) in [5.74, 6) is 0.00548. The van der Waals surface area contributed by atoms with Crippen LogP contribution in [0.25, 0.3) is 6.08 Å². The van der Waals surface area contributed by atoms with Crippen LogP contribution in [0.3, 0.4) is 0 Å². The lowest BCUT2D eigenvalue weighted by atomic mass is 10.2. The molecular formula is C14H12N3O4S2+. The van der Waals surface area contributed by atoms with E-state index in [-0.39, 0.29) is 11.6 Å². The Bertz CT molecular complexity index is 865. The van der Waals surface area contributed by atoms with Crippen molar-refractivity contribution in [1.82, 2.24) is 4.98 Å². The SMILES string of the molecule is CCOc1ccc([N+]2=NOC(=O)/C2=C\c2sc(=S)[nH]c2O)cc1. The Kier molecular flexibility index (Phi) is 4.22. The number of aromatic amines is 1. The summed E-state index contributed by atoms with van der Waals surface area (Å²) in [6, 6.07) is 7.05. The number of hydrogen-bond acceptors (Lipinski definition) is 7. The number of aromatic hydroxyl groups is 1. The van der Waals surface area contributed by atoms with E-state index in [1.54, 1.807) is 24.3 Å². The topological polar surface area (TPSA) is 86.9 Å². The standard InChI is InChI=1S/C14H11N3O4S2/c1-2-20-9-5-3-8(4-6-9)17-10(13(19)21-16-17)7-11-12(18)15-14(22)23-11/h3-7H,2H2,1H3,(H-,15,16,18,19,22)/p+1. The van der Waals surface area contributed by atoms with Crippen LogP contribution in [0.4, 0.5) is 5.69 Å². The average Bonchev–Trinajstić information content (AvgIpc) is 3.04. The van der Waals surface area contributed by atoms with Gasteiger partial charge < -0.3 is 14.8 Å². The molecule has 1 aromatic carbocycles. The summed E-state index contributed by atoms with van der Waals surface area (Å²) in [5, 5.41) is 13.5. The monoisotopic (exact) mass is 350 g/mol. The van der Waals surface area contributed by atoms with Gasteiger partial charge in [0.25, 0.3) is 0 Å². The number of H-pyrrole nitrogens is 1. The first-order valence-electron chi connectivity index (χ1n) is 6.67. The van der Waals surface area contributed by atoms with Crippen LogP contribution in [-0.4, -0.2) is 27.4 Å². The zero-order chi connectivity index (χ0) is 16.4. The van der Waals surface area contributed by atoms with Crippen LogP contribution in [0.2, 0.25) is 0 Å². The molecule has 2 heterocycles. The maximum atomic E-state index is 11.9. The Labute approximate surface area is 140 Å². The number of carbonyl (C=O) groups is 1. The third-order valence-corrected chi connectivity index (χ3v) is 4.13. The van der Waals surface area contributed by atoms with Crippen LogP contribution in [0.15, 0.2) is 35.2 Å². The van der Waals surface area contributed by atoms with Gasteiger partial charge in [0.15, 0.2) is 3.95 Å². The van der Waals surface area contributed by atoms with Crippen molar-refractivity contribution in [2.24, 2.45) is 5.28 Å². The maximum absolute atomic E-state index is 11.9. The summed E-state index contributed by atoms with van der Waals surface area (Å²) in [5.41, 5.74) is 0.805. The number of benzene rings is 1. The highest BCUT2D eigenvalue weighted by Crippen LogP contribution is 2.30. The molecule has 0 amide bonds. The fraction of sp³-hybridized carbons (Fsp3) is 0.143. The zero-order valence-electron chi connectivity index (χ0n) is 12.0. The van der Waals surface area contributed by atoms with Crippen LogP contribution in [-0.2, 0) is 9.63 Å². The Balaban J connectivity index is 1.96. The maximum Gasteiger partial charge on any atom is 0.437 e. The molecule has 0 bridgehead atoms. The van der Waals surface area contributed by atoms with E-state index in [9.17, 15) is 9.90 Å². The van der Waals surface area contributed by atoms with E-state index in [1.807, 2.05) is 6.92 Å². The van der Waals surface area contributed by atoms with E-state index in [2.05, 4.69) is 10.3 Å². The summed E-state index contributed by atoms with van der Waals surface area (Å²) in [6.07, 6.45) is 1.47. The van der Waals surface area contributed by atoms with E-state index in [4.69, 9.17) is 21.8 Å². The molecule has 0 unspecified atom stereocenters. The summed E-state index contributed by atoms with van der Waals surface area (Å²) in [7, 11) is 0. The molecule has 0 fully saturated rings. The van der Waals surface area contributed by atoms with Crippen molar-refractivity contribution in [1.29, 1.82) is 0 Å². The fourth-order valence-electron chi connectivity index (χ4n) is 1.97. The lowest BCUT2D eigenvalue weighted by molar-refractivity contribution is -0.462. The molecule has 0 aliphatic carbocycles. The minimum absolute atomic E-state index is 0.0983. The van der Waals surface area contributed by atoms with Crippen molar-refractivity contribution in [3.63, 3.8) is 0 Å². The summed E-state index contributed by atoms with van der Waals surface area (Å²) < 4.78 is 7.13. The highest BCUT2D eigenvalue weighted by molar-refractivity contribution is 7.73. The lowest BCUT2D eigenvalue weighted by Gasteiger charge is -2.01. The molecular weight excluding hydrogens is 338 g/mol. The molecule has 2 N–H and O–H groups in total. The van der Waals surface area contributed by atoms with Crippen LogP contribution in [0, 0.1) is 3.95 Å². The first kappa shape index (κ1) is 15.4. The molecule has 7 nitrogen and oxygen atoms in total. The summed E-state index contributed by atoms with van der Waals surface area (Å²) in [6.45, 7) is 2.47. The van der Waals surface area contributed by atoms with Gasteiger partial charge in [0.1, 0.15) is 5.75 Å². The second-order valence-corrected chi connectivity index (χ2v) is 6.17. The van der Waals surface area contributed by atoms with Crippen molar-refractivity contribution >= 4 is 41.3 Å². The minimum atomic E-state index is -0.613.